The first-order valence-corrected chi connectivity index (χ1v) is 6.40. The number of hydrogen-bond donors (Lipinski definition) is 3. The molecule has 0 aromatic rings. The molecule has 0 spiro atoms. The molecule has 5 heteroatoms. The molecule has 2 amide bonds. The van der Waals surface area contributed by atoms with Gasteiger partial charge in [-0.3, -0.25) is 9.59 Å². The maximum atomic E-state index is 12.2. The second kappa shape index (κ2) is 5.04. The molecule has 1 aliphatic carbocycles. The highest BCUT2D eigenvalue weighted by Crippen LogP contribution is 2.29. The van der Waals surface area contributed by atoms with Gasteiger partial charge in [-0.2, -0.15) is 0 Å². The van der Waals surface area contributed by atoms with Crippen molar-refractivity contribution in [3.05, 3.63) is 0 Å². The molecule has 17 heavy (non-hydrogen) atoms. The van der Waals surface area contributed by atoms with Crippen LogP contribution in [0.25, 0.3) is 0 Å². The third-order valence-corrected chi connectivity index (χ3v) is 3.90. The summed E-state index contributed by atoms with van der Waals surface area (Å²) in [7, 11) is 0. The van der Waals surface area contributed by atoms with Gasteiger partial charge < -0.3 is 16.4 Å². The second-order valence-electron chi connectivity index (χ2n) is 5.31. The van der Waals surface area contributed by atoms with Gasteiger partial charge in [-0.1, -0.05) is 13.3 Å². The average Bonchev–Trinajstić information content (AvgIpc) is 2.63. The Morgan fingerprint density at radius 1 is 1.47 bits per heavy atom. The van der Waals surface area contributed by atoms with Crippen LogP contribution in [0.15, 0.2) is 0 Å². The highest BCUT2D eigenvalue weighted by Gasteiger charge is 2.35. The summed E-state index contributed by atoms with van der Waals surface area (Å²) in [6.45, 7) is 2.63. The molecule has 4 unspecified atom stereocenters. The quantitative estimate of drug-likeness (QED) is 0.621. The van der Waals surface area contributed by atoms with Crippen molar-refractivity contribution in [3.63, 3.8) is 0 Å². The predicted octanol–water partition coefficient (Wildman–Crippen LogP) is -0.245. The van der Waals surface area contributed by atoms with Crippen molar-refractivity contribution >= 4 is 11.8 Å². The third kappa shape index (κ3) is 2.77. The Balaban J connectivity index is 1.92. The molecular formula is C12H21N3O2. The Kier molecular flexibility index (Phi) is 3.66. The maximum Gasteiger partial charge on any atom is 0.225 e. The van der Waals surface area contributed by atoms with Gasteiger partial charge in [-0.25, -0.2) is 0 Å². The number of carbonyl (C=O) groups excluding carboxylic acids is 2. The van der Waals surface area contributed by atoms with Crippen LogP contribution in [0.4, 0.5) is 0 Å². The molecule has 0 radical (unpaired) electrons. The summed E-state index contributed by atoms with van der Waals surface area (Å²) in [4.78, 5) is 23.2. The summed E-state index contributed by atoms with van der Waals surface area (Å²) in [5.74, 6) is 0.269. The van der Waals surface area contributed by atoms with Gasteiger partial charge in [0.25, 0.3) is 0 Å². The minimum Gasteiger partial charge on any atom is -0.354 e. The SMILES string of the molecule is CC1CCCC(N)C1C(=O)NC1CNC(=O)C1. The molecule has 4 atom stereocenters. The minimum atomic E-state index is -0.0977. The molecule has 2 aliphatic rings. The Bertz CT molecular complexity index is 309. The van der Waals surface area contributed by atoms with Crippen molar-refractivity contribution < 1.29 is 9.59 Å². The molecular weight excluding hydrogens is 218 g/mol. The number of nitrogens with one attached hydrogen (secondary N) is 2. The smallest absolute Gasteiger partial charge is 0.225 e. The lowest BCUT2D eigenvalue weighted by atomic mass is 9.76. The summed E-state index contributed by atoms with van der Waals surface area (Å²) in [6, 6.07) is -0.0971. The largest absolute Gasteiger partial charge is 0.354 e. The van der Waals surface area contributed by atoms with Crippen LogP contribution in [0.3, 0.4) is 0 Å². The zero-order chi connectivity index (χ0) is 12.4. The Hall–Kier alpha value is -1.10. The maximum absolute atomic E-state index is 12.2. The first kappa shape index (κ1) is 12.4. The molecule has 1 heterocycles. The molecule has 1 saturated carbocycles. The van der Waals surface area contributed by atoms with Gasteiger partial charge in [0, 0.05) is 19.0 Å². The van der Waals surface area contributed by atoms with Crippen molar-refractivity contribution in [3.8, 4) is 0 Å². The first-order chi connectivity index (χ1) is 8.08. The molecule has 2 fully saturated rings. The van der Waals surface area contributed by atoms with Crippen LogP contribution in [0.2, 0.25) is 0 Å². The van der Waals surface area contributed by atoms with Crippen molar-refractivity contribution in [1.82, 2.24) is 10.6 Å². The predicted molar refractivity (Wildman–Crippen MR) is 64.0 cm³/mol. The van der Waals surface area contributed by atoms with E-state index in [0.717, 1.165) is 19.3 Å². The number of rotatable bonds is 2. The van der Waals surface area contributed by atoms with Gasteiger partial charge in [0.05, 0.1) is 12.0 Å². The molecule has 4 N–H and O–H groups in total. The monoisotopic (exact) mass is 239 g/mol. The van der Waals surface area contributed by atoms with Crippen LogP contribution in [-0.2, 0) is 9.59 Å². The fourth-order valence-electron chi connectivity index (χ4n) is 2.91. The zero-order valence-corrected chi connectivity index (χ0v) is 10.2. The summed E-state index contributed by atoms with van der Waals surface area (Å²) >= 11 is 0. The molecule has 5 nitrogen and oxygen atoms in total. The Morgan fingerprint density at radius 3 is 2.82 bits per heavy atom. The lowest BCUT2D eigenvalue weighted by molar-refractivity contribution is -0.128. The summed E-state index contributed by atoms with van der Waals surface area (Å²) in [5, 5.41) is 5.65. The molecule has 0 bridgehead atoms. The number of carbonyl (C=O) groups is 2. The van der Waals surface area contributed by atoms with E-state index >= 15 is 0 Å². The number of hydrogen-bond acceptors (Lipinski definition) is 3. The van der Waals surface area contributed by atoms with Crippen LogP contribution in [0.5, 0.6) is 0 Å². The molecule has 0 aromatic carbocycles. The van der Waals surface area contributed by atoms with E-state index in [1.807, 2.05) is 0 Å². The summed E-state index contributed by atoms with van der Waals surface area (Å²) in [6.07, 6.45) is 3.48. The second-order valence-corrected chi connectivity index (χ2v) is 5.31. The van der Waals surface area contributed by atoms with E-state index in [2.05, 4.69) is 17.6 Å². The number of amides is 2. The summed E-state index contributed by atoms with van der Waals surface area (Å²) < 4.78 is 0. The van der Waals surface area contributed by atoms with Gasteiger partial charge in [0.2, 0.25) is 11.8 Å². The first-order valence-electron chi connectivity index (χ1n) is 6.40. The average molecular weight is 239 g/mol. The van der Waals surface area contributed by atoms with E-state index in [4.69, 9.17) is 5.73 Å². The van der Waals surface area contributed by atoms with E-state index in [-0.39, 0.29) is 29.8 Å². The summed E-state index contributed by atoms with van der Waals surface area (Å²) in [5.41, 5.74) is 6.03. The van der Waals surface area contributed by atoms with E-state index < -0.39 is 0 Å². The third-order valence-electron chi connectivity index (χ3n) is 3.90. The van der Waals surface area contributed by atoms with Crippen LogP contribution < -0.4 is 16.4 Å². The van der Waals surface area contributed by atoms with Gasteiger partial charge in [-0.05, 0) is 18.8 Å². The zero-order valence-electron chi connectivity index (χ0n) is 10.2. The highest BCUT2D eigenvalue weighted by molar-refractivity contribution is 5.83. The van der Waals surface area contributed by atoms with Gasteiger partial charge in [-0.15, -0.1) is 0 Å². The molecule has 2 rings (SSSR count). The molecule has 1 aliphatic heterocycles. The van der Waals surface area contributed by atoms with E-state index in [1.54, 1.807) is 0 Å². The van der Waals surface area contributed by atoms with E-state index in [9.17, 15) is 9.59 Å². The normalized spacial score (nSPS) is 37.6. The highest BCUT2D eigenvalue weighted by atomic mass is 16.2. The van der Waals surface area contributed by atoms with Crippen LogP contribution in [0, 0.1) is 11.8 Å². The lowest BCUT2D eigenvalue weighted by Gasteiger charge is -2.33. The standard InChI is InChI=1S/C12H21N3O2/c1-7-3-2-4-9(13)11(7)12(17)15-8-5-10(16)14-6-8/h7-9,11H,2-6,13H2,1H3,(H,14,16)(H,15,17). The van der Waals surface area contributed by atoms with Crippen molar-refractivity contribution in [2.24, 2.45) is 17.6 Å². The van der Waals surface area contributed by atoms with Crippen LogP contribution in [-0.4, -0.2) is 30.4 Å². The van der Waals surface area contributed by atoms with Crippen LogP contribution >= 0.6 is 0 Å². The van der Waals surface area contributed by atoms with Crippen molar-refractivity contribution in [2.75, 3.05) is 6.54 Å². The van der Waals surface area contributed by atoms with Crippen molar-refractivity contribution in [2.45, 2.75) is 44.7 Å². The van der Waals surface area contributed by atoms with Gasteiger partial charge >= 0.3 is 0 Å². The van der Waals surface area contributed by atoms with Gasteiger partial charge in [0.15, 0.2) is 0 Å². The molecule has 0 aromatic heterocycles. The lowest BCUT2D eigenvalue weighted by Crippen LogP contribution is -2.50. The van der Waals surface area contributed by atoms with Crippen LogP contribution in [0.1, 0.15) is 32.6 Å². The fraction of sp³-hybridized carbons (Fsp3) is 0.833. The van der Waals surface area contributed by atoms with Crippen molar-refractivity contribution in [1.29, 1.82) is 0 Å². The fourth-order valence-corrected chi connectivity index (χ4v) is 2.91. The molecule has 96 valence electrons. The molecule has 1 saturated heterocycles. The Morgan fingerprint density at radius 2 is 2.24 bits per heavy atom. The van der Waals surface area contributed by atoms with E-state index in [0.29, 0.717) is 18.9 Å². The number of nitrogens with two attached hydrogens (primary N) is 1. The topological polar surface area (TPSA) is 84.2 Å². The minimum absolute atomic E-state index is 0.0105. The Labute approximate surface area is 102 Å². The van der Waals surface area contributed by atoms with Gasteiger partial charge in [0.1, 0.15) is 0 Å². The van der Waals surface area contributed by atoms with E-state index in [1.165, 1.54) is 0 Å².